The molecule has 2 atom stereocenters. The Labute approximate surface area is 105 Å². The minimum atomic E-state index is -3.25. The zero-order valence-corrected chi connectivity index (χ0v) is 11.0. The minimum Gasteiger partial charge on any atom is -0.308 e. The van der Waals surface area contributed by atoms with Crippen molar-refractivity contribution in [2.24, 2.45) is 0 Å². The van der Waals surface area contributed by atoms with Crippen molar-refractivity contribution in [3.05, 3.63) is 34.9 Å². The van der Waals surface area contributed by atoms with Crippen LogP contribution in [0.1, 0.15) is 24.1 Å². The van der Waals surface area contributed by atoms with Crippen LogP contribution in [0.25, 0.3) is 0 Å². The molecule has 0 bridgehead atoms. The van der Waals surface area contributed by atoms with E-state index in [0.29, 0.717) is 0 Å². The lowest BCUT2D eigenvalue weighted by atomic mass is 10.0. The van der Waals surface area contributed by atoms with Gasteiger partial charge in [-0.15, -0.1) is 0 Å². The monoisotopic (exact) mass is 275 g/mol. The van der Waals surface area contributed by atoms with E-state index in [1.165, 1.54) is 6.92 Å². The lowest BCUT2D eigenvalue weighted by molar-refractivity contribution is 0.480. The van der Waals surface area contributed by atoms with Crippen molar-refractivity contribution in [1.29, 1.82) is 0 Å². The first kappa shape index (κ1) is 13.4. The molecule has 100 valence electrons. The van der Waals surface area contributed by atoms with Gasteiger partial charge in [0.15, 0.2) is 9.84 Å². The SMILES string of the molecule is Cc1cc(F)c(C2CS(=O)(=O)C(C)CN2)cc1F. The second-order valence-corrected chi connectivity index (χ2v) is 7.19. The fraction of sp³-hybridized carbons (Fsp3) is 0.500. The summed E-state index contributed by atoms with van der Waals surface area (Å²) in [5, 5.41) is 2.45. The predicted octanol–water partition coefficient (Wildman–Crippen LogP) is 1.72. The van der Waals surface area contributed by atoms with E-state index in [9.17, 15) is 17.2 Å². The number of hydrogen-bond donors (Lipinski definition) is 1. The van der Waals surface area contributed by atoms with Gasteiger partial charge in [0.25, 0.3) is 0 Å². The maximum absolute atomic E-state index is 13.8. The third kappa shape index (κ3) is 2.40. The van der Waals surface area contributed by atoms with E-state index in [1.54, 1.807) is 6.92 Å². The van der Waals surface area contributed by atoms with Crippen LogP contribution in [-0.4, -0.2) is 26.0 Å². The van der Waals surface area contributed by atoms with E-state index in [1.807, 2.05) is 0 Å². The predicted molar refractivity (Wildman–Crippen MR) is 65.1 cm³/mol. The average Bonchev–Trinajstić information content (AvgIpc) is 2.27. The summed E-state index contributed by atoms with van der Waals surface area (Å²) in [5.41, 5.74) is 0.289. The summed E-state index contributed by atoms with van der Waals surface area (Å²) in [7, 11) is -3.25. The van der Waals surface area contributed by atoms with Crippen LogP contribution in [0.4, 0.5) is 8.78 Å². The molecule has 3 nitrogen and oxygen atoms in total. The van der Waals surface area contributed by atoms with Crippen LogP contribution < -0.4 is 5.32 Å². The van der Waals surface area contributed by atoms with Crippen LogP contribution in [0.15, 0.2) is 12.1 Å². The summed E-state index contributed by atoms with van der Waals surface area (Å²) in [6.45, 7) is 3.32. The van der Waals surface area contributed by atoms with Crippen molar-refractivity contribution in [3.63, 3.8) is 0 Å². The van der Waals surface area contributed by atoms with Crippen LogP contribution in [0, 0.1) is 18.6 Å². The molecule has 1 heterocycles. The Morgan fingerprint density at radius 1 is 1.28 bits per heavy atom. The minimum absolute atomic E-state index is 0.0774. The average molecular weight is 275 g/mol. The molecule has 2 rings (SSSR count). The zero-order chi connectivity index (χ0) is 13.5. The van der Waals surface area contributed by atoms with E-state index >= 15 is 0 Å². The van der Waals surface area contributed by atoms with E-state index < -0.39 is 32.8 Å². The third-order valence-corrected chi connectivity index (χ3v) is 5.51. The standard InChI is InChI=1S/C12H15F2NO2S/c1-7-3-11(14)9(4-10(7)13)12-6-18(16,17)8(2)5-15-12/h3-4,8,12,15H,5-6H2,1-2H3. The van der Waals surface area contributed by atoms with Crippen molar-refractivity contribution >= 4 is 9.84 Å². The summed E-state index contributed by atoms with van der Waals surface area (Å²) >= 11 is 0. The normalized spacial score (nSPS) is 27.1. The maximum atomic E-state index is 13.8. The van der Waals surface area contributed by atoms with Gasteiger partial charge in [0.2, 0.25) is 0 Å². The molecule has 1 saturated heterocycles. The van der Waals surface area contributed by atoms with Gasteiger partial charge in [-0.05, 0) is 31.5 Å². The Morgan fingerprint density at radius 3 is 2.56 bits per heavy atom. The molecule has 1 aromatic rings. The van der Waals surface area contributed by atoms with Crippen molar-refractivity contribution in [2.75, 3.05) is 12.3 Å². The molecule has 0 aliphatic carbocycles. The lowest BCUT2D eigenvalue weighted by Gasteiger charge is -2.28. The number of benzene rings is 1. The van der Waals surface area contributed by atoms with Gasteiger partial charge in [-0.25, -0.2) is 17.2 Å². The number of sulfone groups is 1. The highest BCUT2D eigenvalue weighted by atomic mass is 32.2. The third-order valence-electron chi connectivity index (χ3n) is 3.32. The highest BCUT2D eigenvalue weighted by molar-refractivity contribution is 7.92. The molecule has 0 radical (unpaired) electrons. The molecule has 6 heteroatoms. The van der Waals surface area contributed by atoms with Gasteiger partial charge < -0.3 is 5.32 Å². The van der Waals surface area contributed by atoms with Gasteiger partial charge in [-0.3, -0.25) is 0 Å². The first-order chi connectivity index (χ1) is 8.31. The van der Waals surface area contributed by atoms with E-state index in [-0.39, 0.29) is 23.4 Å². The molecule has 0 amide bonds. The second kappa shape index (κ2) is 4.59. The molecular formula is C12H15F2NO2S. The van der Waals surface area contributed by atoms with Crippen molar-refractivity contribution in [2.45, 2.75) is 25.1 Å². The van der Waals surface area contributed by atoms with Gasteiger partial charge in [-0.1, -0.05) is 0 Å². The zero-order valence-electron chi connectivity index (χ0n) is 10.2. The summed E-state index contributed by atoms with van der Waals surface area (Å²) in [6, 6.07) is 1.49. The molecule has 1 fully saturated rings. The van der Waals surface area contributed by atoms with Crippen LogP contribution >= 0.6 is 0 Å². The Morgan fingerprint density at radius 2 is 1.94 bits per heavy atom. The first-order valence-corrected chi connectivity index (χ1v) is 7.43. The molecule has 0 saturated carbocycles. The lowest BCUT2D eigenvalue weighted by Crippen LogP contribution is -2.44. The molecule has 0 aromatic heterocycles. The van der Waals surface area contributed by atoms with Crippen molar-refractivity contribution in [3.8, 4) is 0 Å². The number of halogens is 2. The molecular weight excluding hydrogens is 260 g/mol. The van der Waals surface area contributed by atoms with Gasteiger partial charge in [0, 0.05) is 18.2 Å². The van der Waals surface area contributed by atoms with Crippen LogP contribution in [0.3, 0.4) is 0 Å². The Bertz CT molecular complexity index is 572. The largest absolute Gasteiger partial charge is 0.308 e. The summed E-state index contributed by atoms with van der Waals surface area (Å²) < 4.78 is 50.7. The summed E-state index contributed by atoms with van der Waals surface area (Å²) in [4.78, 5) is 0. The van der Waals surface area contributed by atoms with E-state index in [2.05, 4.69) is 5.32 Å². The molecule has 1 N–H and O–H groups in total. The van der Waals surface area contributed by atoms with Gasteiger partial charge in [0.1, 0.15) is 11.6 Å². The van der Waals surface area contributed by atoms with Crippen molar-refractivity contribution in [1.82, 2.24) is 5.32 Å². The van der Waals surface area contributed by atoms with Gasteiger partial charge >= 0.3 is 0 Å². The number of hydrogen-bond acceptors (Lipinski definition) is 3. The van der Waals surface area contributed by atoms with Crippen LogP contribution in [-0.2, 0) is 9.84 Å². The smallest absolute Gasteiger partial charge is 0.156 e. The highest BCUT2D eigenvalue weighted by Gasteiger charge is 2.33. The fourth-order valence-corrected chi connectivity index (χ4v) is 3.46. The molecule has 1 aliphatic heterocycles. The van der Waals surface area contributed by atoms with Gasteiger partial charge in [0.05, 0.1) is 11.0 Å². The first-order valence-electron chi connectivity index (χ1n) is 5.72. The molecule has 1 aliphatic rings. The second-order valence-electron chi connectivity index (χ2n) is 4.72. The van der Waals surface area contributed by atoms with Gasteiger partial charge in [-0.2, -0.15) is 0 Å². The van der Waals surface area contributed by atoms with Crippen LogP contribution in [0.2, 0.25) is 0 Å². The summed E-state index contributed by atoms with van der Waals surface area (Å²) in [6.07, 6.45) is 0. The Kier molecular flexibility index (Phi) is 3.42. The number of aryl methyl sites for hydroxylation is 1. The van der Waals surface area contributed by atoms with Crippen LogP contribution in [0.5, 0.6) is 0 Å². The van der Waals surface area contributed by atoms with E-state index in [0.717, 1.165) is 12.1 Å². The molecule has 18 heavy (non-hydrogen) atoms. The summed E-state index contributed by atoms with van der Waals surface area (Å²) in [5.74, 6) is -1.30. The topological polar surface area (TPSA) is 46.2 Å². The van der Waals surface area contributed by atoms with Crippen molar-refractivity contribution < 1.29 is 17.2 Å². The Balaban J connectivity index is 2.36. The fourth-order valence-electron chi connectivity index (χ4n) is 2.02. The highest BCUT2D eigenvalue weighted by Crippen LogP contribution is 2.25. The number of nitrogens with one attached hydrogen (secondary N) is 1. The van der Waals surface area contributed by atoms with E-state index in [4.69, 9.17) is 0 Å². The molecule has 0 spiro atoms. The quantitative estimate of drug-likeness (QED) is 0.849. The number of rotatable bonds is 1. The molecule has 2 unspecified atom stereocenters. The molecule has 1 aromatic carbocycles. The maximum Gasteiger partial charge on any atom is 0.156 e. The Hall–Kier alpha value is -1.01.